The lowest BCUT2D eigenvalue weighted by atomic mass is 9.90. The number of unbranched alkanes of at least 4 members (excludes halogenated alkanes) is 2. The molecule has 0 aliphatic heterocycles. The van der Waals surface area contributed by atoms with Gasteiger partial charge in [0.15, 0.2) is 5.76 Å². The molecule has 240 valence electrons. The second-order valence-corrected chi connectivity index (χ2v) is 9.84. The number of hydroxylamine groups is 2. The summed E-state index contributed by atoms with van der Waals surface area (Å²) in [5, 5.41) is 15.7. The third-order valence-electron chi connectivity index (χ3n) is 6.93. The molecule has 0 aliphatic carbocycles. The smallest absolute Gasteiger partial charge is 0.325 e. The van der Waals surface area contributed by atoms with E-state index in [1.807, 2.05) is 6.92 Å². The fourth-order valence-corrected chi connectivity index (χ4v) is 4.49. The highest BCUT2D eigenvalue weighted by atomic mass is 16.5. The molecule has 2 atom stereocenters. The molecule has 0 bridgehead atoms. The fourth-order valence-electron chi connectivity index (χ4n) is 4.49. The molecule has 0 unspecified atom stereocenters. The quantitative estimate of drug-likeness (QED) is 0.0561. The number of amides is 4. The zero-order valence-electron chi connectivity index (χ0n) is 25.4. The van der Waals surface area contributed by atoms with E-state index in [9.17, 15) is 34.0 Å². The minimum atomic E-state index is -0.702. The molecule has 3 N–H and O–H groups in total. The average molecular weight is 617 g/mol. The van der Waals surface area contributed by atoms with Gasteiger partial charge in [0, 0.05) is 11.1 Å². The van der Waals surface area contributed by atoms with E-state index in [2.05, 4.69) is 20.1 Å². The van der Waals surface area contributed by atoms with Crippen LogP contribution >= 0.6 is 0 Å². The van der Waals surface area contributed by atoms with Gasteiger partial charge in [-0.05, 0) is 37.1 Å². The molecule has 0 fully saturated rings. The summed E-state index contributed by atoms with van der Waals surface area (Å²) in [4.78, 5) is 74.1. The summed E-state index contributed by atoms with van der Waals surface area (Å²) in [5.74, 6) is -3.33. The Hall–Kier alpha value is -4.72. The Balaban J connectivity index is 2.03. The van der Waals surface area contributed by atoms with Crippen LogP contribution in [0.3, 0.4) is 0 Å². The SMILES string of the molecule is CCCCC[C@@H](C(=O)NCNC(=O)c1ccc(-c2ccc(C(=O)N(CC(=O)OC)CC(=O)OC)cc2)o1)[C@@H](CC)N(O)C=O. The van der Waals surface area contributed by atoms with Crippen LogP contribution in [-0.2, 0) is 28.7 Å². The Morgan fingerprint density at radius 2 is 1.57 bits per heavy atom. The molecule has 44 heavy (non-hydrogen) atoms. The van der Waals surface area contributed by atoms with Crippen molar-refractivity contribution in [3.8, 4) is 11.3 Å². The molecule has 14 nitrogen and oxygen atoms in total. The minimum Gasteiger partial charge on any atom is -0.468 e. The Bertz CT molecular complexity index is 1260. The van der Waals surface area contributed by atoms with Gasteiger partial charge < -0.3 is 29.4 Å². The van der Waals surface area contributed by atoms with E-state index >= 15 is 0 Å². The number of nitrogens with zero attached hydrogens (tertiary/aromatic N) is 2. The van der Waals surface area contributed by atoms with Crippen LogP contribution in [0.25, 0.3) is 11.3 Å². The first-order chi connectivity index (χ1) is 21.1. The maximum absolute atomic E-state index is 12.9. The third-order valence-corrected chi connectivity index (χ3v) is 6.93. The van der Waals surface area contributed by atoms with Crippen molar-refractivity contribution in [3.05, 3.63) is 47.7 Å². The van der Waals surface area contributed by atoms with Gasteiger partial charge >= 0.3 is 11.9 Å². The van der Waals surface area contributed by atoms with Crippen molar-refractivity contribution in [2.45, 2.75) is 52.0 Å². The fraction of sp³-hybridized carbons (Fsp3) is 0.467. The van der Waals surface area contributed by atoms with Crippen LogP contribution < -0.4 is 10.6 Å². The summed E-state index contributed by atoms with van der Waals surface area (Å²) >= 11 is 0. The van der Waals surface area contributed by atoms with Crippen LogP contribution in [0.4, 0.5) is 0 Å². The molecule has 1 aromatic carbocycles. The summed E-state index contributed by atoms with van der Waals surface area (Å²) in [5.41, 5.74) is 0.739. The molecule has 2 rings (SSSR count). The van der Waals surface area contributed by atoms with Crippen LogP contribution in [0.2, 0.25) is 0 Å². The lowest BCUT2D eigenvalue weighted by molar-refractivity contribution is -0.168. The Morgan fingerprint density at radius 3 is 2.11 bits per heavy atom. The van der Waals surface area contributed by atoms with E-state index in [1.165, 1.54) is 32.4 Å². The van der Waals surface area contributed by atoms with Crippen LogP contribution in [0.15, 0.2) is 40.8 Å². The standard InChI is InChI=1S/C30H40N4O10/c1-5-7-8-9-22(23(6-2)34(41)19-35)28(38)31-18-32-29(39)25-15-14-24(44-25)20-10-12-21(13-11-20)30(40)33(16-26(36)42-3)17-27(37)43-4/h10-15,19,22-23,41H,5-9,16-18H2,1-4H3,(H,31,38)(H,32,39)/t22-,23-/m1/s1. The van der Waals surface area contributed by atoms with E-state index in [0.29, 0.717) is 29.2 Å². The number of benzene rings is 1. The topological polar surface area (TPSA) is 185 Å². The van der Waals surface area contributed by atoms with Crippen LogP contribution in [0.1, 0.15) is 66.9 Å². The van der Waals surface area contributed by atoms with Gasteiger partial charge in [-0.15, -0.1) is 0 Å². The number of rotatable bonds is 18. The number of carbonyl (C=O) groups excluding carboxylic acids is 6. The van der Waals surface area contributed by atoms with Crippen molar-refractivity contribution in [2.75, 3.05) is 34.0 Å². The summed E-state index contributed by atoms with van der Waals surface area (Å²) in [6, 6.07) is 8.44. The maximum atomic E-state index is 12.9. The second kappa shape index (κ2) is 18.1. The number of methoxy groups -OCH3 is 2. The monoisotopic (exact) mass is 616 g/mol. The molecule has 4 amide bonds. The number of carbonyl (C=O) groups is 6. The molecule has 0 radical (unpaired) electrons. The molecule has 0 saturated carbocycles. The molecule has 0 spiro atoms. The van der Waals surface area contributed by atoms with Gasteiger partial charge in [-0.2, -0.15) is 0 Å². The number of furan rings is 1. The predicted octanol–water partition coefficient (Wildman–Crippen LogP) is 2.36. The highest BCUT2D eigenvalue weighted by molar-refractivity contribution is 5.98. The third kappa shape index (κ3) is 10.2. The van der Waals surface area contributed by atoms with Gasteiger partial charge in [-0.25, -0.2) is 5.06 Å². The summed E-state index contributed by atoms with van der Waals surface area (Å²) in [7, 11) is 2.34. The molecule has 0 aliphatic rings. The van der Waals surface area contributed by atoms with Crippen molar-refractivity contribution in [1.82, 2.24) is 20.6 Å². The Kier molecular flexibility index (Phi) is 14.6. The van der Waals surface area contributed by atoms with Crippen LogP contribution in [-0.4, -0.2) is 91.3 Å². The molecule has 14 heteroatoms. The second-order valence-electron chi connectivity index (χ2n) is 9.84. The van der Waals surface area contributed by atoms with Crippen molar-refractivity contribution in [3.63, 3.8) is 0 Å². The predicted molar refractivity (Wildman–Crippen MR) is 156 cm³/mol. The molecule has 1 aromatic heterocycles. The summed E-state index contributed by atoms with van der Waals surface area (Å²) in [6.07, 6.45) is 3.70. The van der Waals surface area contributed by atoms with Gasteiger partial charge in [-0.3, -0.25) is 34.0 Å². The average Bonchev–Trinajstić information content (AvgIpc) is 3.54. The molecule has 0 saturated heterocycles. The van der Waals surface area contributed by atoms with Gasteiger partial charge in [-0.1, -0.05) is 45.2 Å². The summed E-state index contributed by atoms with van der Waals surface area (Å²) in [6.45, 7) is 2.70. The van der Waals surface area contributed by atoms with Crippen molar-refractivity contribution >= 4 is 36.1 Å². The first-order valence-corrected chi connectivity index (χ1v) is 14.2. The van der Waals surface area contributed by atoms with E-state index in [4.69, 9.17) is 4.42 Å². The van der Waals surface area contributed by atoms with Gasteiger partial charge in [0.05, 0.1) is 32.8 Å². The van der Waals surface area contributed by atoms with Gasteiger partial charge in [0.2, 0.25) is 12.3 Å². The van der Waals surface area contributed by atoms with E-state index in [-0.39, 0.29) is 24.4 Å². The Morgan fingerprint density at radius 1 is 0.932 bits per heavy atom. The summed E-state index contributed by atoms with van der Waals surface area (Å²) < 4.78 is 14.9. The largest absolute Gasteiger partial charge is 0.468 e. The number of esters is 2. The number of ether oxygens (including phenoxy) is 2. The Labute approximate surface area is 255 Å². The highest BCUT2D eigenvalue weighted by Gasteiger charge is 2.30. The maximum Gasteiger partial charge on any atom is 0.325 e. The normalized spacial score (nSPS) is 11.9. The molecular weight excluding hydrogens is 576 g/mol. The first kappa shape index (κ1) is 35.5. The number of hydrogen-bond acceptors (Lipinski definition) is 10. The molecular formula is C30H40N4O10. The minimum absolute atomic E-state index is 0.0230. The van der Waals surface area contributed by atoms with Crippen LogP contribution in [0, 0.1) is 5.92 Å². The zero-order valence-corrected chi connectivity index (χ0v) is 25.4. The van der Waals surface area contributed by atoms with Crippen LogP contribution in [0.5, 0.6) is 0 Å². The lowest BCUT2D eigenvalue weighted by Crippen LogP contribution is -2.47. The number of hydrogen-bond donors (Lipinski definition) is 3. The highest BCUT2D eigenvalue weighted by Crippen LogP contribution is 2.23. The van der Waals surface area contributed by atoms with Crippen molar-refractivity contribution < 1.29 is 47.9 Å². The molecule has 1 heterocycles. The van der Waals surface area contributed by atoms with E-state index < -0.39 is 54.7 Å². The van der Waals surface area contributed by atoms with Crippen molar-refractivity contribution in [1.29, 1.82) is 0 Å². The first-order valence-electron chi connectivity index (χ1n) is 14.2. The van der Waals surface area contributed by atoms with Gasteiger partial charge in [0.25, 0.3) is 11.8 Å². The molecule has 2 aromatic rings. The van der Waals surface area contributed by atoms with Crippen molar-refractivity contribution in [2.24, 2.45) is 5.92 Å². The van der Waals surface area contributed by atoms with E-state index in [1.54, 1.807) is 25.1 Å². The van der Waals surface area contributed by atoms with E-state index in [0.717, 1.165) is 24.2 Å². The zero-order chi connectivity index (χ0) is 32.6. The lowest BCUT2D eigenvalue weighted by Gasteiger charge is -2.29. The number of nitrogens with one attached hydrogen (secondary N) is 2. The van der Waals surface area contributed by atoms with Gasteiger partial charge in [0.1, 0.15) is 18.8 Å².